The molecule has 3 nitrogen and oxygen atoms in total. The number of piperidine rings is 1. The molecular formula is C17H28N2O. The van der Waals surface area contributed by atoms with Gasteiger partial charge in [-0.05, 0) is 45.3 Å². The van der Waals surface area contributed by atoms with Gasteiger partial charge >= 0.3 is 0 Å². The molecule has 1 heterocycles. The molecule has 0 bridgehead atoms. The molecule has 2 atom stereocenters. The predicted molar refractivity (Wildman–Crippen MR) is 83.9 cm³/mol. The second-order valence-electron chi connectivity index (χ2n) is 5.56. The van der Waals surface area contributed by atoms with Gasteiger partial charge in [0.05, 0.1) is 6.10 Å². The highest BCUT2D eigenvalue weighted by Crippen LogP contribution is 2.19. The molecule has 0 aromatic heterocycles. The molecule has 20 heavy (non-hydrogen) atoms. The lowest BCUT2D eigenvalue weighted by atomic mass is 10.0. The Hall–Kier alpha value is -0.900. The van der Waals surface area contributed by atoms with Crippen LogP contribution in [0.1, 0.15) is 37.8 Å². The largest absolute Gasteiger partial charge is 0.377 e. The lowest BCUT2D eigenvalue weighted by molar-refractivity contribution is 0.00510. The third-order valence-corrected chi connectivity index (χ3v) is 4.15. The SMILES string of the molecule is CCOC1CCCN(CCC(NC)c2ccccc2)C1. The van der Waals surface area contributed by atoms with Crippen LogP contribution in [0.2, 0.25) is 0 Å². The summed E-state index contributed by atoms with van der Waals surface area (Å²) < 4.78 is 5.77. The Morgan fingerprint density at radius 3 is 2.85 bits per heavy atom. The zero-order valence-electron chi connectivity index (χ0n) is 12.8. The first-order valence-electron chi connectivity index (χ1n) is 7.89. The zero-order chi connectivity index (χ0) is 14.2. The molecule has 1 N–H and O–H groups in total. The lowest BCUT2D eigenvalue weighted by Gasteiger charge is -2.33. The van der Waals surface area contributed by atoms with Gasteiger partial charge in [-0.3, -0.25) is 0 Å². The summed E-state index contributed by atoms with van der Waals surface area (Å²) in [7, 11) is 2.05. The molecule has 0 saturated carbocycles. The molecular weight excluding hydrogens is 248 g/mol. The maximum absolute atomic E-state index is 5.77. The molecule has 0 aliphatic carbocycles. The minimum Gasteiger partial charge on any atom is -0.377 e. The number of likely N-dealkylation sites (tertiary alicyclic amines) is 1. The maximum Gasteiger partial charge on any atom is 0.0702 e. The van der Waals surface area contributed by atoms with Crippen LogP contribution >= 0.6 is 0 Å². The van der Waals surface area contributed by atoms with E-state index >= 15 is 0 Å². The van der Waals surface area contributed by atoms with Crippen LogP contribution in [0, 0.1) is 0 Å². The van der Waals surface area contributed by atoms with Crippen molar-refractivity contribution < 1.29 is 4.74 Å². The summed E-state index contributed by atoms with van der Waals surface area (Å²) in [5.41, 5.74) is 1.38. The van der Waals surface area contributed by atoms with Crippen molar-refractivity contribution in [2.45, 2.75) is 38.3 Å². The summed E-state index contributed by atoms with van der Waals surface area (Å²) in [6.45, 7) is 6.38. The van der Waals surface area contributed by atoms with E-state index in [2.05, 4.69) is 54.5 Å². The third-order valence-electron chi connectivity index (χ3n) is 4.15. The van der Waals surface area contributed by atoms with Crippen LogP contribution in [-0.2, 0) is 4.74 Å². The van der Waals surface area contributed by atoms with E-state index in [-0.39, 0.29) is 0 Å². The fourth-order valence-corrected chi connectivity index (χ4v) is 3.06. The Bertz CT molecular complexity index is 367. The van der Waals surface area contributed by atoms with Crippen LogP contribution in [0.5, 0.6) is 0 Å². The van der Waals surface area contributed by atoms with Crippen molar-refractivity contribution in [3.05, 3.63) is 35.9 Å². The van der Waals surface area contributed by atoms with E-state index in [9.17, 15) is 0 Å². The minimum atomic E-state index is 0.443. The van der Waals surface area contributed by atoms with Crippen LogP contribution in [-0.4, -0.2) is 44.3 Å². The lowest BCUT2D eigenvalue weighted by Crippen LogP contribution is -2.41. The molecule has 1 saturated heterocycles. The molecule has 1 aromatic carbocycles. The van der Waals surface area contributed by atoms with Gasteiger partial charge in [0.15, 0.2) is 0 Å². The van der Waals surface area contributed by atoms with Gasteiger partial charge in [0.1, 0.15) is 0 Å². The van der Waals surface area contributed by atoms with E-state index in [0.29, 0.717) is 12.1 Å². The molecule has 2 rings (SSSR count). The quantitative estimate of drug-likeness (QED) is 0.829. The zero-order valence-corrected chi connectivity index (χ0v) is 12.8. The Labute approximate surface area is 123 Å². The minimum absolute atomic E-state index is 0.443. The molecule has 3 heteroatoms. The van der Waals surface area contributed by atoms with Crippen LogP contribution < -0.4 is 5.32 Å². The average molecular weight is 276 g/mol. The van der Waals surface area contributed by atoms with Crippen LogP contribution in [0.25, 0.3) is 0 Å². The molecule has 2 unspecified atom stereocenters. The van der Waals surface area contributed by atoms with Crippen molar-refractivity contribution in [2.75, 3.05) is 33.3 Å². The average Bonchev–Trinajstić information content (AvgIpc) is 2.50. The van der Waals surface area contributed by atoms with Crippen molar-refractivity contribution >= 4 is 0 Å². The molecule has 0 amide bonds. The van der Waals surface area contributed by atoms with E-state index in [1.807, 2.05) is 0 Å². The normalized spacial score (nSPS) is 21.8. The maximum atomic E-state index is 5.77. The Kier molecular flexibility index (Phi) is 6.51. The Balaban J connectivity index is 1.81. The molecule has 1 aromatic rings. The molecule has 1 aliphatic rings. The fraction of sp³-hybridized carbons (Fsp3) is 0.647. The third kappa shape index (κ3) is 4.58. The molecule has 0 radical (unpaired) electrons. The fourth-order valence-electron chi connectivity index (χ4n) is 3.06. The second kappa shape index (κ2) is 8.40. The highest BCUT2D eigenvalue weighted by molar-refractivity contribution is 5.18. The number of ether oxygens (including phenoxy) is 1. The number of hydrogen-bond acceptors (Lipinski definition) is 3. The first-order chi connectivity index (χ1) is 9.83. The van der Waals surface area contributed by atoms with E-state index in [0.717, 1.165) is 26.1 Å². The van der Waals surface area contributed by atoms with E-state index in [1.165, 1.54) is 24.9 Å². The molecule has 0 spiro atoms. The first kappa shape index (κ1) is 15.5. The second-order valence-corrected chi connectivity index (χ2v) is 5.56. The van der Waals surface area contributed by atoms with Gasteiger partial charge < -0.3 is 15.0 Å². The topological polar surface area (TPSA) is 24.5 Å². The number of rotatable bonds is 7. The predicted octanol–water partition coefficient (Wildman–Crippen LogP) is 2.84. The van der Waals surface area contributed by atoms with Crippen molar-refractivity contribution in [2.24, 2.45) is 0 Å². The van der Waals surface area contributed by atoms with Crippen molar-refractivity contribution in [1.29, 1.82) is 0 Å². The van der Waals surface area contributed by atoms with E-state index < -0.39 is 0 Å². The summed E-state index contributed by atoms with van der Waals surface area (Å²) >= 11 is 0. The highest BCUT2D eigenvalue weighted by Gasteiger charge is 2.20. The van der Waals surface area contributed by atoms with Gasteiger partial charge in [-0.15, -0.1) is 0 Å². The van der Waals surface area contributed by atoms with E-state index in [1.54, 1.807) is 0 Å². The van der Waals surface area contributed by atoms with Gasteiger partial charge in [0.25, 0.3) is 0 Å². The van der Waals surface area contributed by atoms with Gasteiger partial charge in [-0.1, -0.05) is 30.3 Å². The molecule has 1 aliphatic heterocycles. The van der Waals surface area contributed by atoms with Gasteiger partial charge in [0, 0.05) is 25.7 Å². The standard InChI is InChI=1S/C17H28N2O/c1-3-20-16-10-7-12-19(14-16)13-11-17(18-2)15-8-5-4-6-9-15/h4-6,8-9,16-18H,3,7,10-14H2,1-2H3. The monoisotopic (exact) mass is 276 g/mol. The summed E-state index contributed by atoms with van der Waals surface area (Å²) in [5.74, 6) is 0. The van der Waals surface area contributed by atoms with Crippen molar-refractivity contribution in [3.63, 3.8) is 0 Å². The summed E-state index contributed by atoms with van der Waals surface area (Å²) in [4.78, 5) is 2.55. The number of benzene rings is 1. The number of hydrogen-bond donors (Lipinski definition) is 1. The summed E-state index contributed by atoms with van der Waals surface area (Å²) in [5, 5.41) is 3.44. The van der Waals surface area contributed by atoms with Crippen molar-refractivity contribution in [1.82, 2.24) is 10.2 Å². The van der Waals surface area contributed by atoms with Gasteiger partial charge in [0.2, 0.25) is 0 Å². The van der Waals surface area contributed by atoms with Gasteiger partial charge in [-0.2, -0.15) is 0 Å². The first-order valence-corrected chi connectivity index (χ1v) is 7.89. The molecule has 112 valence electrons. The van der Waals surface area contributed by atoms with Gasteiger partial charge in [-0.25, -0.2) is 0 Å². The Morgan fingerprint density at radius 2 is 2.15 bits per heavy atom. The van der Waals surface area contributed by atoms with Crippen LogP contribution in [0.15, 0.2) is 30.3 Å². The summed E-state index contributed by atoms with van der Waals surface area (Å²) in [6.07, 6.45) is 4.08. The van der Waals surface area contributed by atoms with Crippen molar-refractivity contribution in [3.8, 4) is 0 Å². The van der Waals surface area contributed by atoms with Crippen LogP contribution in [0.4, 0.5) is 0 Å². The Morgan fingerprint density at radius 1 is 1.35 bits per heavy atom. The summed E-state index contributed by atoms with van der Waals surface area (Å²) in [6, 6.07) is 11.2. The van der Waals surface area contributed by atoms with E-state index in [4.69, 9.17) is 4.74 Å². The highest BCUT2D eigenvalue weighted by atomic mass is 16.5. The molecule has 1 fully saturated rings. The number of nitrogens with zero attached hydrogens (tertiary/aromatic N) is 1. The van der Waals surface area contributed by atoms with Crippen LogP contribution in [0.3, 0.4) is 0 Å². The number of nitrogens with one attached hydrogen (secondary N) is 1. The smallest absolute Gasteiger partial charge is 0.0702 e.